The molecular weight excluding hydrogens is 275 g/mol. The van der Waals surface area contributed by atoms with Gasteiger partial charge in [0.1, 0.15) is 0 Å². The van der Waals surface area contributed by atoms with Crippen molar-refractivity contribution in [2.24, 2.45) is 5.73 Å². The van der Waals surface area contributed by atoms with Gasteiger partial charge in [-0.15, -0.1) is 0 Å². The van der Waals surface area contributed by atoms with Gasteiger partial charge in [-0.2, -0.15) is 0 Å². The molecule has 1 unspecified atom stereocenters. The van der Waals surface area contributed by atoms with Gasteiger partial charge < -0.3 is 5.73 Å². The minimum atomic E-state index is -1.47. The van der Waals surface area contributed by atoms with E-state index < -0.39 is 23.5 Å². The molecule has 112 valence electrons. The quantitative estimate of drug-likeness (QED) is 0.840. The summed E-state index contributed by atoms with van der Waals surface area (Å²) in [4.78, 5) is 0. The Kier molecular flexibility index (Phi) is 4.37. The van der Waals surface area contributed by atoms with Crippen LogP contribution in [-0.2, 0) is 6.42 Å². The second-order valence-electron chi connectivity index (χ2n) is 5.45. The fraction of sp³-hybridized carbons (Fsp3) is 0.294. The Balaban J connectivity index is 2.35. The summed E-state index contributed by atoms with van der Waals surface area (Å²) in [6, 6.07) is 5.44. The first kappa shape index (κ1) is 15.6. The van der Waals surface area contributed by atoms with Crippen molar-refractivity contribution >= 4 is 0 Å². The number of halogens is 3. The van der Waals surface area contributed by atoms with Gasteiger partial charge in [0.05, 0.1) is 0 Å². The summed E-state index contributed by atoms with van der Waals surface area (Å²) in [5.74, 6) is -3.88. The molecule has 0 aliphatic carbocycles. The number of hydrogen-bond donors (Lipinski definition) is 1. The van der Waals surface area contributed by atoms with E-state index in [0.29, 0.717) is 6.42 Å². The zero-order valence-corrected chi connectivity index (χ0v) is 12.3. The normalized spacial score (nSPS) is 12.5. The van der Waals surface area contributed by atoms with Crippen LogP contribution in [0.5, 0.6) is 0 Å². The molecule has 2 aromatic carbocycles. The fourth-order valence-electron chi connectivity index (χ4n) is 2.69. The molecule has 1 nitrogen and oxygen atoms in total. The van der Waals surface area contributed by atoms with Crippen LogP contribution >= 0.6 is 0 Å². The first-order chi connectivity index (χ1) is 9.81. The number of aryl methyl sites for hydroxylation is 3. The van der Waals surface area contributed by atoms with E-state index in [0.717, 1.165) is 28.3 Å². The van der Waals surface area contributed by atoms with E-state index in [1.54, 1.807) is 0 Å². The Morgan fingerprint density at radius 3 is 2.10 bits per heavy atom. The highest BCUT2D eigenvalue weighted by molar-refractivity contribution is 5.39. The lowest BCUT2D eigenvalue weighted by molar-refractivity contribution is 0.435. The van der Waals surface area contributed by atoms with Crippen molar-refractivity contribution in [2.45, 2.75) is 33.2 Å². The van der Waals surface area contributed by atoms with Gasteiger partial charge in [-0.1, -0.05) is 23.8 Å². The topological polar surface area (TPSA) is 26.0 Å². The van der Waals surface area contributed by atoms with Crippen molar-refractivity contribution in [3.05, 3.63) is 69.5 Å². The van der Waals surface area contributed by atoms with Crippen molar-refractivity contribution in [2.75, 3.05) is 0 Å². The maximum atomic E-state index is 13.8. The zero-order chi connectivity index (χ0) is 15.7. The molecule has 4 heteroatoms. The average Bonchev–Trinajstić information content (AvgIpc) is 2.40. The zero-order valence-electron chi connectivity index (χ0n) is 12.3. The Hall–Kier alpha value is -1.81. The molecule has 0 heterocycles. The van der Waals surface area contributed by atoms with Gasteiger partial charge in [0, 0.05) is 11.6 Å². The van der Waals surface area contributed by atoms with Crippen molar-refractivity contribution in [1.82, 2.24) is 0 Å². The summed E-state index contributed by atoms with van der Waals surface area (Å²) >= 11 is 0. The minimum absolute atomic E-state index is 0.00623. The SMILES string of the molecule is Cc1cc(C)c(CC(N)c2ccc(F)c(F)c2F)c(C)c1. The number of nitrogens with two attached hydrogens (primary N) is 1. The van der Waals surface area contributed by atoms with Gasteiger partial charge in [-0.3, -0.25) is 0 Å². The molecule has 2 rings (SSSR count). The molecule has 0 radical (unpaired) electrons. The monoisotopic (exact) mass is 293 g/mol. The maximum Gasteiger partial charge on any atom is 0.194 e. The van der Waals surface area contributed by atoms with Gasteiger partial charge in [0.15, 0.2) is 17.5 Å². The van der Waals surface area contributed by atoms with Crippen LogP contribution in [0.25, 0.3) is 0 Å². The molecule has 2 aromatic rings. The lowest BCUT2D eigenvalue weighted by Gasteiger charge is -2.17. The number of rotatable bonds is 3. The van der Waals surface area contributed by atoms with Crippen LogP contribution < -0.4 is 5.73 Å². The third-order valence-electron chi connectivity index (χ3n) is 3.73. The second kappa shape index (κ2) is 5.90. The molecule has 0 fully saturated rings. The van der Waals surface area contributed by atoms with E-state index in [2.05, 4.69) is 0 Å². The molecule has 0 amide bonds. The molecule has 0 saturated carbocycles. The molecule has 21 heavy (non-hydrogen) atoms. The predicted molar refractivity (Wildman–Crippen MR) is 77.6 cm³/mol. The molecule has 1 atom stereocenters. The van der Waals surface area contributed by atoms with Gasteiger partial charge in [0.25, 0.3) is 0 Å². The summed E-state index contributed by atoms with van der Waals surface area (Å²) in [5, 5.41) is 0. The molecule has 0 aliphatic heterocycles. The van der Waals surface area contributed by atoms with E-state index in [4.69, 9.17) is 5.73 Å². The molecule has 0 aliphatic rings. The summed E-state index contributed by atoms with van der Waals surface area (Å²) in [5.41, 5.74) is 10.3. The molecular formula is C17H18F3N. The first-order valence-electron chi connectivity index (χ1n) is 6.77. The van der Waals surface area contributed by atoms with Crippen LogP contribution in [0.2, 0.25) is 0 Å². The molecule has 0 bridgehead atoms. The van der Waals surface area contributed by atoms with E-state index in [-0.39, 0.29) is 5.56 Å². The number of benzene rings is 2. The van der Waals surface area contributed by atoms with Crippen LogP contribution in [-0.4, -0.2) is 0 Å². The van der Waals surface area contributed by atoms with Gasteiger partial charge in [-0.25, -0.2) is 13.2 Å². The third-order valence-corrected chi connectivity index (χ3v) is 3.73. The van der Waals surface area contributed by atoms with Crippen LogP contribution in [0.15, 0.2) is 24.3 Å². The summed E-state index contributed by atoms with van der Waals surface area (Å²) in [6.45, 7) is 5.92. The van der Waals surface area contributed by atoms with Gasteiger partial charge in [-0.05, 0) is 49.9 Å². The van der Waals surface area contributed by atoms with Crippen molar-refractivity contribution < 1.29 is 13.2 Å². The largest absolute Gasteiger partial charge is 0.324 e. The lowest BCUT2D eigenvalue weighted by Crippen LogP contribution is -2.17. The summed E-state index contributed by atoms with van der Waals surface area (Å²) in [6.07, 6.45) is 0.375. The van der Waals surface area contributed by atoms with Crippen LogP contribution in [0.1, 0.15) is 33.9 Å². The smallest absolute Gasteiger partial charge is 0.194 e. The standard InChI is InChI=1S/C17H18F3N/c1-9-6-10(2)13(11(3)7-9)8-15(21)12-4-5-14(18)17(20)16(12)19/h4-7,15H,8,21H2,1-3H3. The van der Waals surface area contributed by atoms with Crippen LogP contribution in [0.4, 0.5) is 13.2 Å². The third kappa shape index (κ3) is 3.10. The second-order valence-corrected chi connectivity index (χ2v) is 5.45. The van der Waals surface area contributed by atoms with Gasteiger partial charge in [0.2, 0.25) is 0 Å². The summed E-state index contributed by atoms with van der Waals surface area (Å²) in [7, 11) is 0. The Morgan fingerprint density at radius 1 is 0.952 bits per heavy atom. The van der Waals surface area contributed by atoms with Crippen molar-refractivity contribution in [3.63, 3.8) is 0 Å². The number of hydrogen-bond acceptors (Lipinski definition) is 1. The fourth-order valence-corrected chi connectivity index (χ4v) is 2.69. The minimum Gasteiger partial charge on any atom is -0.324 e. The van der Waals surface area contributed by atoms with E-state index in [9.17, 15) is 13.2 Å². The van der Waals surface area contributed by atoms with Crippen LogP contribution in [0, 0.1) is 38.2 Å². The Bertz CT molecular complexity index is 657. The maximum absolute atomic E-state index is 13.8. The van der Waals surface area contributed by atoms with E-state index >= 15 is 0 Å². The van der Waals surface area contributed by atoms with Crippen molar-refractivity contribution in [1.29, 1.82) is 0 Å². The van der Waals surface area contributed by atoms with Crippen molar-refractivity contribution in [3.8, 4) is 0 Å². The Morgan fingerprint density at radius 2 is 1.52 bits per heavy atom. The summed E-state index contributed by atoms with van der Waals surface area (Å²) < 4.78 is 40.0. The highest BCUT2D eigenvalue weighted by Gasteiger charge is 2.19. The molecule has 0 aromatic heterocycles. The highest BCUT2D eigenvalue weighted by Crippen LogP contribution is 2.26. The van der Waals surface area contributed by atoms with Gasteiger partial charge >= 0.3 is 0 Å². The predicted octanol–water partition coefficient (Wildman–Crippen LogP) is 4.27. The molecule has 0 saturated heterocycles. The average molecular weight is 293 g/mol. The first-order valence-corrected chi connectivity index (χ1v) is 6.77. The lowest BCUT2D eigenvalue weighted by atomic mass is 9.92. The highest BCUT2D eigenvalue weighted by atomic mass is 19.2. The van der Waals surface area contributed by atoms with Crippen LogP contribution in [0.3, 0.4) is 0 Å². The molecule has 0 spiro atoms. The van der Waals surface area contributed by atoms with E-state index in [1.165, 1.54) is 6.07 Å². The Labute approximate surface area is 122 Å². The van der Waals surface area contributed by atoms with E-state index in [1.807, 2.05) is 32.9 Å². The molecule has 2 N–H and O–H groups in total.